The van der Waals surface area contributed by atoms with E-state index in [1.807, 2.05) is 0 Å². The van der Waals surface area contributed by atoms with Gasteiger partial charge in [-0.05, 0) is 19.4 Å². The Balaban J connectivity index is 2.92. The molecule has 1 atom stereocenters. The van der Waals surface area contributed by atoms with E-state index in [0.29, 0.717) is 17.9 Å². The maximum absolute atomic E-state index is 10.6. The van der Waals surface area contributed by atoms with Crippen LogP contribution in [0.15, 0.2) is 18.2 Å². The van der Waals surface area contributed by atoms with Gasteiger partial charge in [-0.25, -0.2) is 0 Å². The molecule has 0 heterocycles. The van der Waals surface area contributed by atoms with Gasteiger partial charge in [-0.15, -0.1) is 0 Å². The summed E-state index contributed by atoms with van der Waals surface area (Å²) in [4.78, 5) is 10.1. The molecule has 1 rings (SSSR count). The number of hydrogen-bond donors (Lipinski definition) is 1. The van der Waals surface area contributed by atoms with E-state index in [1.54, 1.807) is 6.92 Å². The summed E-state index contributed by atoms with van der Waals surface area (Å²) in [6.45, 7) is 4.16. The van der Waals surface area contributed by atoms with Gasteiger partial charge in [-0.2, -0.15) is 0 Å². The van der Waals surface area contributed by atoms with E-state index in [0.717, 1.165) is 12.8 Å². The molecule has 0 aliphatic carbocycles. The zero-order valence-electron chi connectivity index (χ0n) is 10.0. The number of aliphatic hydroxyl groups excluding tert-OH is 1. The molecule has 0 aliphatic rings. The van der Waals surface area contributed by atoms with Gasteiger partial charge in [0.1, 0.15) is 5.75 Å². The van der Waals surface area contributed by atoms with Crippen molar-refractivity contribution in [3.63, 3.8) is 0 Å². The lowest BCUT2D eigenvalue weighted by Gasteiger charge is -2.12. The molecule has 0 amide bonds. The van der Waals surface area contributed by atoms with E-state index in [4.69, 9.17) is 4.74 Å². The maximum Gasteiger partial charge on any atom is 0.270 e. The van der Waals surface area contributed by atoms with Crippen LogP contribution in [0.4, 0.5) is 5.69 Å². The highest BCUT2D eigenvalue weighted by Gasteiger charge is 2.15. The lowest BCUT2D eigenvalue weighted by atomic mass is 10.1. The van der Waals surface area contributed by atoms with Crippen LogP contribution < -0.4 is 4.74 Å². The SMILES string of the molecule is CCCCOc1ccc([N+](=O)[O-])cc1[C@@H](C)O. The van der Waals surface area contributed by atoms with E-state index in [9.17, 15) is 15.2 Å². The molecular weight excluding hydrogens is 222 g/mol. The Morgan fingerprint density at radius 3 is 2.76 bits per heavy atom. The largest absolute Gasteiger partial charge is 0.493 e. The second kappa shape index (κ2) is 6.20. The molecule has 0 saturated carbocycles. The molecule has 0 bridgehead atoms. The van der Waals surface area contributed by atoms with Crippen molar-refractivity contribution in [2.45, 2.75) is 32.8 Å². The molecule has 5 heteroatoms. The first-order valence-corrected chi connectivity index (χ1v) is 5.65. The minimum atomic E-state index is -0.786. The second-order valence-electron chi connectivity index (χ2n) is 3.86. The average Bonchev–Trinajstić information content (AvgIpc) is 2.29. The molecule has 0 fully saturated rings. The number of benzene rings is 1. The standard InChI is InChI=1S/C12H17NO4/c1-3-4-7-17-12-6-5-10(13(15)16)8-11(12)9(2)14/h5-6,8-9,14H,3-4,7H2,1-2H3/t9-/m1/s1. The molecular formula is C12H17NO4. The summed E-state index contributed by atoms with van der Waals surface area (Å²) in [6, 6.07) is 4.27. The van der Waals surface area contributed by atoms with E-state index in [1.165, 1.54) is 18.2 Å². The molecule has 5 nitrogen and oxygen atoms in total. The van der Waals surface area contributed by atoms with Gasteiger partial charge in [-0.1, -0.05) is 13.3 Å². The molecule has 1 aromatic rings. The van der Waals surface area contributed by atoms with E-state index >= 15 is 0 Å². The summed E-state index contributed by atoms with van der Waals surface area (Å²) in [5.74, 6) is 0.513. The van der Waals surface area contributed by atoms with Crippen molar-refractivity contribution in [2.75, 3.05) is 6.61 Å². The monoisotopic (exact) mass is 239 g/mol. The Hall–Kier alpha value is -1.62. The van der Waals surface area contributed by atoms with Crippen LogP contribution >= 0.6 is 0 Å². The zero-order valence-corrected chi connectivity index (χ0v) is 10.0. The summed E-state index contributed by atoms with van der Waals surface area (Å²) < 4.78 is 5.49. The van der Waals surface area contributed by atoms with Gasteiger partial charge in [0.05, 0.1) is 17.6 Å². The number of nitro groups is 1. The minimum Gasteiger partial charge on any atom is -0.493 e. The molecule has 0 saturated heterocycles. The molecule has 0 radical (unpaired) electrons. The van der Waals surface area contributed by atoms with Crippen LogP contribution in [0.25, 0.3) is 0 Å². The fourth-order valence-electron chi connectivity index (χ4n) is 1.43. The summed E-state index contributed by atoms with van der Waals surface area (Å²) in [7, 11) is 0. The van der Waals surface area contributed by atoms with Crippen LogP contribution in [0.2, 0.25) is 0 Å². The third-order valence-electron chi connectivity index (χ3n) is 2.41. The van der Waals surface area contributed by atoms with Gasteiger partial charge in [0.15, 0.2) is 0 Å². The Labute approximate surface area is 100 Å². The predicted molar refractivity (Wildman–Crippen MR) is 64.1 cm³/mol. The number of nitro benzene ring substituents is 1. The van der Waals surface area contributed by atoms with Crippen molar-refractivity contribution in [1.82, 2.24) is 0 Å². The maximum atomic E-state index is 10.6. The Morgan fingerprint density at radius 2 is 2.24 bits per heavy atom. The van der Waals surface area contributed by atoms with E-state index in [-0.39, 0.29) is 5.69 Å². The van der Waals surface area contributed by atoms with Crippen molar-refractivity contribution in [2.24, 2.45) is 0 Å². The first-order chi connectivity index (χ1) is 8.06. The molecule has 94 valence electrons. The van der Waals surface area contributed by atoms with Crippen molar-refractivity contribution in [3.8, 4) is 5.75 Å². The molecule has 0 aliphatic heterocycles. The third kappa shape index (κ3) is 3.71. The van der Waals surface area contributed by atoms with Gasteiger partial charge in [0, 0.05) is 17.7 Å². The molecule has 0 aromatic heterocycles. The van der Waals surface area contributed by atoms with Crippen LogP contribution in [-0.2, 0) is 0 Å². The number of hydrogen-bond acceptors (Lipinski definition) is 4. The van der Waals surface area contributed by atoms with Crippen LogP contribution in [-0.4, -0.2) is 16.6 Å². The topological polar surface area (TPSA) is 72.6 Å². The Morgan fingerprint density at radius 1 is 1.53 bits per heavy atom. The second-order valence-corrected chi connectivity index (χ2v) is 3.86. The Bertz CT molecular complexity index is 390. The number of ether oxygens (including phenoxy) is 1. The quantitative estimate of drug-likeness (QED) is 0.470. The van der Waals surface area contributed by atoms with Crippen molar-refractivity contribution < 1.29 is 14.8 Å². The number of rotatable bonds is 6. The van der Waals surface area contributed by atoms with Crippen molar-refractivity contribution in [3.05, 3.63) is 33.9 Å². The van der Waals surface area contributed by atoms with Gasteiger partial charge in [0.2, 0.25) is 0 Å². The van der Waals surface area contributed by atoms with Gasteiger partial charge < -0.3 is 9.84 Å². The molecule has 0 unspecified atom stereocenters. The molecule has 17 heavy (non-hydrogen) atoms. The fourth-order valence-corrected chi connectivity index (χ4v) is 1.43. The summed E-state index contributed by atoms with van der Waals surface area (Å²) >= 11 is 0. The molecule has 1 aromatic carbocycles. The highest BCUT2D eigenvalue weighted by Crippen LogP contribution is 2.29. The summed E-state index contributed by atoms with van der Waals surface area (Å²) in [5, 5.41) is 20.2. The number of non-ortho nitro benzene ring substituents is 1. The predicted octanol–water partition coefficient (Wildman–Crippen LogP) is 2.83. The lowest BCUT2D eigenvalue weighted by Crippen LogP contribution is -2.03. The number of unbranched alkanes of at least 4 members (excludes halogenated alkanes) is 1. The number of nitrogens with zero attached hydrogens (tertiary/aromatic N) is 1. The van der Waals surface area contributed by atoms with Crippen LogP contribution in [0.3, 0.4) is 0 Å². The fraction of sp³-hybridized carbons (Fsp3) is 0.500. The first kappa shape index (κ1) is 13.4. The summed E-state index contributed by atoms with van der Waals surface area (Å²) in [5.41, 5.74) is 0.416. The smallest absolute Gasteiger partial charge is 0.270 e. The first-order valence-electron chi connectivity index (χ1n) is 5.65. The van der Waals surface area contributed by atoms with Crippen LogP contribution in [0.5, 0.6) is 5.75 Å². The normalized spacial score (nSPS) is 12.2. The molecule has 0 spiro atoms. The summed E-state index contributed by atoms with van der Waals surface area (Å²) in [6.07, 6.45) is 1.14. The van der Waals surface area contributed by atoms with E-state index < -0.39 is 11.0 Å². The molecule has 1 N–H and O–H groups in total. The van der Waals surface area contributed by atoms with Crippen LogP contribution in [0.1, 0.15) is 38.4 Å². The third-order valence-corrected chi connectivity index (χ3v) is 2.41. The lowest BCUT2D eigenvalue weighted by molar-refractivity contribution is -0.385. The average molecular weight is 239 g/mol. The Kier molecular flexibility index (Phi) is 4.90. The highest BCUT2D eigenvalue weighted by atomic mass is 16.6. The van der Waals surface area contributed by atoms with Gasteiger partial charge in [-0.3, -0.25) is 10.1 Å². The van der Waals surface area contributed by atoms with Gasteiger partial charge in [0.25, 0.3) is 5.69 Å². The van der Waals surface area contributed by atoms with Crippen molar-refractivity contribution >= 4 is 5.69 Å². The van der Waals surface area contributed by atoms with Crippen molar-refractivity contribution in [1.29, 1.82) is 0 Å². The van der Waals surface area contributed by atoms with E-state index in [2.05, 4.69) is 6.92 Å². The highest BCUT2D eigenvalue weighted by molar-refractivity contribution is 5.44. The van der Waals surface area contributed by atoms with Gasteiger partial charge >= 0.3 is 0 Å². The minimum absolute atomic E-state index is 0.0382. The zero-order chi connectivity index (χ0) is 12.8. The number of aliphatic hydroxyl groups is 1. The van der Waals surface area contributed by atoms with Crippen LogP contribution in [0, 0.1) is 10.1 Å².